The molecule has 1 aliphatic heterocycles. The Balaban J connectivity index is 2.08. The summed E-state index contributed by atoms with van der Waals surface area (Å²) in [5.41, 5.74) is 1.26. The summed E-state index contributed by atoms with van der Waals surface area (Å²) in [4.78, 5) is 16.9. The molecule has 0 saturated carbocycles. The summed E-state index contributed by atoms with van der Waals surface area (Å²) in [5.74, 6) is 1.42. The van der Waals surface area contributed by atoms with Crippen molar-refractivity contribution in [2.45, 2.75) is 6.42 Å². The summed E-state index contributed by atoms with van der Waals surface area (Å²) >= 11 is 4.96. The lowest BCUT2D eigenvalue weighted by Crippen LogP contribution is -2.06. The molecule has 0 aliphatic carbocycles. The molecule has 1 aromatic carbocycles. The van der Waals surface area contributed by atoms with Gasteiger partial charge in [0.05, 0.1) is 18.9 Å². The minimum Gasteiger partial charge on any atom is -0.490 e. The van der Waals surface area contributed by atoms with Crippen molar-refractivity contribution in [2.24, 2.45) is 0 Å². The predicted molar refractivity (Wildman–Crippen MR) is 73.3 cm³/mol. The van der Waals surface area contributed by atoms with E-state index < -0.39 is 0 Å². The van der Waals surface area contributed by atoms with E-state index in [0.29, 0.717) is 29.4 Å². The molecule has 3 rings (SSSR count). The van der Waals surface area contributed by atoms with E-state index in [1.165, 1.54) is 6.07 Å². The maximum atomic E-state index is 11.4. The standard InChI is InChI=1S/C13H12N2O3S/c16-12-7-9(14-13(19)15-12)8-2-3-10-11(6-8)18-5-1-4-17-10/h2-3,6-7H,1,4-5H2,(H2,14,15,16,19). The van der Waals surface area contributed by atoms with Gasteiger partial charge in [0.1, 0.15) is 0 Å². The second-order valence-electron chi connectivity index (χ2n) is 4.21. The maximum absolute atomic E-state index is 11.4. The van der Waals surface area contributed by atoms with Crippen LogP contribution in [0.3, 0.4) is 0 Å². The number of fused-ring (bicyclic) bond motifs is 1. The first-order chi connectivity index (χ1) is 9.22. The number of hydrogen-bond acceptors (Lipinski definition) is 4. The number of aromatic nitrogens is 2. The molecule has 6 heteroatoms. The van der Waals surface area contributed by atoms with Crippen LogP contribution in [0, 0.1) is 4.77 Å². The largest absolute Gasteiger partial charge is 0.490 e. The molecule has 98 valence electrons. The van der Waals surface area contributed by atoms with Crippen molar-refractivity contribution >= 4 is 12.2 Å². The Hall–Kier alpha value is -2.08. The van der Waals surface area contributed by atoms with Gasteiger partial charge in [0, 0.05) is 18.1 Å². The van der Waals surface area contributed by atoms with Gasteiger partial charge in [-0.1, -0.05) is 0 Å². The van der Waals surface area contributed by atoms with Gasteiger partial charge in [0.15, 0.2) is 16.3 Å². The second-order valence-corrected chi connectivity index (χ2v) is 4.62. The highest BCUT2D eigenvalue weighted by Crippen LogP contribution is 2.33. The summed E-state index contributed by atoms with van der Waals surface area (Å²) in [5, 5.41) is 0. The summed E-state index contributed by atoms with van der Waals surface area (Å²) in [7, 11) is 0. The molecule has 0 bridgehead atoms. The van der Waals surface area contributed by atoms with Gasteiger partial charge >= 0.3 is 0 Å². The molecule has 2 heterocycles. The third-order valence-corrected chi connectivity index (χ3v) is 3.02. The lowest BCUT2D eigenvalue weighted by molar-refractivity contribution is 0.297. The van der Waals surface area contributed by atoms with Gasteiger partial charge in [0.2, 0.25) is 0 Å². The third-order valence-electron chi connectivity index (χ3n) is 2.82. The van der Waals surface area contributed by atoms with E-state index in [2.05, 4.69) is 9.97 Å². The SMILES string of the molecule is O=c1cc(-c2ccc3c(c2)OCCCO3)[nH]c(=S)[nH]1. The van der Waals surface area contributed by atoms with Gasteiger partial charge in [-0.05, 0) is 30.4 Å². The van der Waals surface area contributed by atoms with Crippen molar-refractivity contribution in [1.29, 1.82) is 0 Å². The van der Waals surface area contributed by atoms with Crippen molar-refractivity contribution in [2.75, 3.05) is 13.2 Å². The van der Waals surface area contributed by atoms with Crippen LogP contribution in [0.4, 0.5) is 0 Å². The Morgan fingerprint density at radius 3 is 2.63 bits per heavy atom. The Labute approximate surface area is 114 Å². The van der Waals surface area contributed by atoms with E-state index in [9.17, 15) is 4.79 Å². The Bertz CT molecular complexity index is 692. The van der Waals surface area contributed by atoms with Crippen LogP contribution in [0.25, 0.3) is 11.3 Å². The van der Waals surface area contributed by atoms with Crippen LogP contribution in [0.5, 0.6) is 11.5 Å². The molecule has 0 fully saturated rings. The smallest absolute Gasteiger partial charge is 0.252 e. The van der Waals surface area contributed by atoms with E-state index in [1.807, 2.05) is 18.2 Å². The van der Waals surface area contributed by atoms with Crippen molar-refractivity contribution in [3.8, 4) is 22.8 Å². The van der Waals surface area contributed by atoms with Crippen LogP contribution in [0.15, 0.2) is 29.1 Å². The first-order valence-electron chi connectivity index (χ1n) is 5.96. The number of H-pyrrole nitrogens is 2. The number of hydrogen-bond donors (Lipinski definition) is 2. The summed E-state index contributed by atoms with van der Waals surface area (Å²) in [6, 6.07) is 7.03. The van der Waals surface area contributed by atoms with Crippen molar-refractivity contribution < 1.29 is 9.47 Å². The molecular weight excluding hydrogens is 264 g/mol. The average molecular weight is 276 g/mol. The van der Waals surface area contributed by atoms with Crippen molar-refractivity contribution in [1.82, 2.24) is 9.97 Å². The van der Waals surface area contributed by atoms with E-state index in [0.717, 1.165) is 17.7 Å². The molecule has 1 aliphatic rings. The topological polar surface area (TPSA) is 67.1 Å². The van der Waals surface area contributed by atoms with Gasteiger partial charge in [-0.2, -0.15) is 0 Å². The minimum absolute atomic E-state index is 0.231. The molecule has 0 atom stereocenters. The fourth-order valence-corrected chi connectivity index (χ4v) is 2.17. The molecule has 0 amide bonds. The van der Waals surface area contributed by atoms with Crippen LogP contribution < -0.4 is 15.0 Å². The number of ether oxygens (including phenoxy) is 2. The van der Waals surface area contributed by atoms with Crippen molar-refractivity contribution in [3.05, 3.63) is 39.4 Å². The molecule has 0 unspecified atom stereocenters. The lowest BCUT2D eigenvalue weighted by Gasteiger charge is -2.09. The van der Waals surface area contributed by atoms with E-state index >= 15 is 0 Å². The Kier molecular flexibility index (Phi) is 3.08. The van der Waals surface area contributed by atoms with Gasteiger partial charge in [-0.15, -0.1) is 0 Å². The number of benzene rings is 1. The molecule has 19 heavy (non-hydrogen) atoms. The summed E-state index contributed by atoms with van der Waals surface area (Å²) < 4.78 is 11.5. The second kappa shape index (κ2) is 4.89. The Morgan fingerprint density at radius 1 is 1.05 bits per heavy atom. The van der Waals surface area contributed by atoms with E-state index in [-0.39, 0.29) is 5.56 Å². The third kappa shape index (κ3) is 2.53. The predicted octanol–water partition coefficient (Wildman–Crippen LogP) is 2.26. The van der Waals surface area contributed by atoms with Crippen LogP contribution in [0.2, 0.25) is 0 Å². The lowest BCUT2D eigenvalue weighted by atomic mass is 10.1. The van der Waals surface area contributed by atoms with Crippen LogP contribution in [-0.2, 0) is 0 Å². The normalized spacial score (nSPS) is 13.9. The number of aromatic amines is 2. The summed E-state index contributed by atoms with van der Waals surface area (Å²) in [6.07, 6.45) is 0.859. The maximum Gasteiger partial charge on any atom is 0.252 e. The van der Waals surface area contributed by atoms with Crippen LogP contribution >= 0.6 is 12.2 Å². The quantitative estimate of drug-likeness (QED) is 0.784. The molecule has 5 nitrogen and oxygen atoms in total. The minimum atomic E-state index is -0.231. The number of nitrogens with one attached hydrogen (secondary N) is 2. The fourth-order valence-electron chi connectivity index (χ4n) is 1.96. The molecule has 0 spiro atoms. The zero-order valence-corrected chi connectivity index (χ0v) is 10.9. The van der Waals surface area contributed by atoms with Crippen LogP contribution in [0.1, 0.15) is 6.42 Å². The fraction of sp³-hybridized carbons (Fsp3) is 0.231. The van der Waals surface area contributed by atoms with Crippen LogP contribution in [-0.4, -0.2) is 23.2 Å². The summed E-state index contributed by atoms with van der Waals surface area (Å²) in [6.45, 7) is 1.28. The molecule has 2 aromatic rings. The average Bonchev–Trinajstić information content (AvgIpc) is 2.61. The highest BCUT2D eigenvalue weighted by atomic mass is 32.1. The van der Waals surface area contributed by atoms with E-state index in [1.54, 1.807) is 0 Å². The molecule has 0 saturated heterocycles. The molecule has 1 aromatic heterocycles. The first kappa shape index (κ1) is 12.0. The number of rotatable bonds is 1. The zero-order valence-electron chi connectivity index (χ0n) is 10.1. The van der Waals surface area contributed by atoms with Gasteiger partial charge in [-0.25, -0.2) is 0 Å². The monoisotopic (exact) mass is 276 g/mol. The molecule has 0 radical (unpaired) electrons. The van der Waals surface area contributed by atoms with Gasteiger partial charge < -0.3 is 14.5 Å². The first-order valence-corrected chi connectivity index (χ1v) is 6.37. The van der Waals surface area contributed by atoms with Gasteiger partial charge in [0.25, 0.3) is 5.56 Å². The van der Waals surface area contributed by atoms with Gasteiger partial charge in [-0.3, -0.25) is 9.78 Å². The zero-order chi connectivity index (χ0) is 13.2. The van der Waals surface area contributed by atoms with E-state index in [4.69, 9.17) is 21.7 Å². The highest BCUT2D eigenvalue weighted by molar-refractivity contribution is 7.71. The Morgan fingerprint density at radius 2 is 1.84 bits per heavy atom. The molecular formula is C13H12N2O3S. The van der Waals surface area contributed by atoms with Crippen molar-refractivity contribution in [3.63, 3.8) is 0 Å². The molecule has 2 N–H and O–H groups in total. The highest BCUT2D eigenvalue weighted by Gasteiger charge is 2.11.